The monoisotopic (exact) mass is 413 g/mol. The maximum absolute atomic E-state index is 5.31. The van der Waals surface area contributed by atoms with Crippen LogP contribution in [0.1, 0.15) is 11.1 Å². The average Bonchev–Trinajstić information content (AvgIpc) is 2.48. The van der Waals surface area contributed by atoms with Crippen molar-refractivity contribution in [2.24, 2.45) is 0 Å². The van der Waals surface area contributed by atoms with Crippen molar-refractivity contribution in [2.75, 3.05) is 19.5 Å². The van der Waals surface area contributed by atoms with E-state index in [4.69, 9.17) is 9.47 Å². The van der Waals surface area contributed by atoms with Crippen molar-refractivity contribution in [3.05, 3.63) is 56.5 Å². The lowest BCUT2D eigenvalue weighted by molar-refractivity contribution is 0.185. The molecule has 0 aliphatic carbocycles. The van der Waals surface area contributed by atoms with E-state index >= 15 is 0 Å². The van der Waals surface area contributed by atoms with Gasteiger partial charge in [0.15, 0.2) is 0 Å². The van der Waals surface area contributed by atoms with Crippen LogP contribution in [0.4, 0.5) is 5.69 Å². The van der Waals surface area contributed by atoms with Crippen LogP contribution in [-0.2, 0) is 17.9 Å². The molecule has 0 aromatic heterocycles. The highest BCUT2D eigenvalue weighted by molar-refractivity contribution is 9.11. The van der Waals surface area contributed by atoms with E-state index in [-0.39, 0.29) is 0 Å². The van der Waals surface area contributed by atoms with Gasteiger partial charge < -0.3 is 14.8 Å². The molecule has 5 heteroatoms. The third kappa shape index (κ3) is 4.46. The van der Waals surface area contributed by atoms with Crippen LogP contribution in [0.15, 0.2) is 45.3 Å². The Kier molecular flexibility index (Phi) is 6.08. The molecule has 0 unspecified atom stereocenters. The number of hydrogen-bond acceptors (Lipinski definition) is 3. The van der Waals surface area contributed by atoms with E-state index in [1.165, 1.54) is 11.1 Å². The first-order chi connectivity index (χ1) is 10.1. The number of methoxy groups -OCH3 is 2. The topological polar surface area (TPSA) is 30.5 Å². The molecule has 112 valence electrons. The lowest BCUT2D eigenvalue weighted by Gasteiger charge is -2.12. The van der Waals surface area contributed by atoms with Gasteiger partial charge in [0.25, 0.3) is 0 Å². The molecule has 3 nitrogen and oxygen atoms in total. The highest BCUT2D eigenvalue weighted by Crippen LogP contribution is 2.34. The van der Waals surface area contributed by atoms with Crippen molar-refractivity contribution in [1.29, 1.82) is 0 Å². The molecule has 21 heavy (non-hydrogen) atoms. The molecule has 0 aliphatic rings. The molecule has 0 fully saturated rings. The van der Waals surface area contributed by atoms with Gasteiger partial charge in [-0.15, -0.1) is 0 Å². The molecule has 2 rings (SSSR count). The quantitative estimate of drug-likeness (QED) is 0.722. The van der Waals surface area contributed by atoms with Crippen LogP contribution in [0.5, 0.6) is 5.75 Å². The minimum atomic E-state index is 0.642. The Labute approximate surface area is 141 Å². The predicted molar refractivity (Wildman–Crippen MR) is 92.9 cm³/mol. The molecule has 0 aliphatic heterocycles. The molecule has 2 aromatic carbocycles. The molecule has 0 radical (unpaired) electrons. The predicted octanol–water partition coefficient (Wildman–Crippen LogP) is 4.98. The summed E-state index contributed by atoms with van der Waals surface area (Å²) < 4.78 is 12.3. The summed E-state index contributed by atoms with van der Waals surface area (Å²) in [5.74, 6) is 0.802. The van der Waals surface area contributed by atoms with Crippen LogP contribution >= 0.6 is 31.9 Å². The Morgan fingerprint density at radius 1 is 0.952 bits per heavy atom. The molecular weight excluding hydrogens is 398 g/mol. The van der Waals surface area contributed by atoms with Gasteiger partial charge in [-0.25, -0.2) is 0 Å². The fourth-order valence-corrected chi connectivity index (χ4v) is 3.23. The Balaban J connectivity index is 2.05. The van der Waals surface area contributed by atoms with Crippen LogP contribution in [0, 0.1) is 0 Å². The van der Waals surface area contributed by atoms with E-state index in [1.54, 1.807) is 14.2 Å². The maximum atomic E-state index is 5.31. The minimum Gasteiger partial charge on any atom is -0.495 e. The molecular formula is C16H17Br2NO2. The second-order valence-corrected chi connectivity index (χ2v) is 6.28. The number of anilines is 1. The molecule has 0 atom stereocenters. The summed E-state index contributed by atoms with van der Waals surface area (Å²) in [5, 5.41) is 3.40. The molecule has 1 N–H and O–H groups in total. The summed E-state index contributed by atoms with van der Waals surface area (Å²) in [4.78, 5) is 0. The summed E-state index contributed by atoms with van der Waals surface area (Å²) >= 11 is 7.02. The van der Waals surface area contributed by atoms with Crippen LogP contribution in [0.3, 0.4) is 0 Å². The van der Waals surface area contributed by atoms with Gasteiger partial charge in [0.05, 0.1) is 23.9 Å². The van der Waals surface area contributed by atoms with E-state index in [9.17, 15) is 0 Å². The minimum absolute atomic E-state index is 0.642. The summed E-state index contributed by atoms with van der Waals surface area (Å²) in [5.41, 5.74) is 3.38. The molecule has 0 bridgehead atoms. The summed E-state index contributed by atoms with van der Waals surface area (Å²) in [6.45, 7) is 1.39. The van der Waals surface area contributed by atoms with E-state index in [2.05, 4.69) is 61.4 Å². The summed E-state index contributed by atoms with van der Waals surface area (Å²) in [6.07, 6.45) is 0. The van der Waals surface area contributed by atoms with Crippen molar-refractivity contribution in [3.8, 4) is 5.75 Å². The van der Waals surface area contributed by atoms with Gasteiger partial charge in [-0.3, -0.25) is 0 Å². The Bertz CT molecular complexity index is 600. The van der Waals surface area contributed by atoms with Gasteiger partial charge in [-0.2, -0.15) is 0 Å². The van der Waals surface area contributed by atoms with E-state index in [0.29, 0.717) is 6.61 Å². The van der Waals surface area contributed by atoms with Crippen molar-refractivity contribution in [2.45, 2.75) is 13.2 Å². The Morgan fingerprint density at radius 3 is 2.24 bits per heavy atom. The molecule has 0 heterocycles. The first-order valence-electron chi connectivity index (χ1n) is 6.47. The normalized spacial score (nSPS) is 10.5. The lowest BCUT2D eigenvalue weighted by atomic mass is 10.1. The standard InChI is InChI=1S/C16H17Br2NO2/c1-20-10-12-5-3-11(4-6-12)9-19-15-8-16(21-2)14(18)7-13(15)17/h3-8,19H,9-10H2,1-2H3. The van der Waals surface area contributed by atoms with Gasteiger partial charge >= 0.3 is 0 Å². The Morgan fingerprint density at radius 2 is 1.62 bits per heavy atom. The van der Waals surface area contributed by atoms with E-state index in [1.807, 2.05) is 12.1 Å². The van der Waals surface area contributed by atoms with Crippen molar-refractivity contribution >= 4 is 37.5 Å². The van der Waals surface area contributed by atoms with Gasteiger partial charge in [-0.1, -0.05) is 24.3 Å². The van der Waals surface area contributed by atoms with Crippen molar-refractivity contribution in [1.82, 2.24) is 0 Å². The van der Waals surface area contributed by atoms with Crippen molar-refractivity contribution in [3.63, 3.8) is 0 Å². The van der Waals surface area contributed by atoms with Crippen LogP contribution in [-0.4, -0.2) is 14.2 Å². The third-order valence-corrected chi connectivity index (χ3v) is 4.33. The van der Waals surface area contributed by atoms with Gasteiger partial charge in [0.1, 0.15) is 5.75 Å². The number of halogens is 2. The number of benzene rings is 2. The van der Waals surface area contributed by atoms with E-state index < -0.39 is 0 Å². The van der Waals surface area contributed by atoms with Crippen LogP contribution in [0.2, 0.25) is 0 Å². The molecule has 0 spiro atoms. The largest absolute Gasteiger partial charge is 0.495 e. The Hall–Kier alpha value is -1.04. The highest BCUT2D eigenvalue weighted by atomic mass is 79.9. The smallest absolute Gasteiger partial charge is 0.135 e. The fraction of sp³-hybridized carbons (Fsp3) is 0.250. The fourth-order valence-electron chi connectivity index (χ4n) is 1.94. The zero-order valence-corrected chi connectivity index (χ0v) is 15.1. The first kappa shape index (κ1) is 16.3. The lowest BCUT2D eigenvalue weighted by Crippen LogP contribution is -2.01. The van der Waals surface area contributed by atoms with Crippen LogP contribution in [0.25, 0.3) is 0 Å². The zero-order chi connectivity index (χ0) is 15.2. The molecule has 0 saturated carbocycles. The van der Waals surface area contributed by atoms with Gasteiger partial charge in [0, 0.05) is 24.2 Å². The molecule has 2 aromatic rings. The number of ether oxygens (including phenoxy) is 2. The maximum Gasteiger partial charge on any atom is 0.135 e. The third-order valence-electron chi connectivity index (χ3n) is 3.06. The second-order valence-electron chi connectivity index (χ2n) is 4.57. The first-order valence-corrected chi connectivity index (χ1v) is 8.06. The SMILES string of the molecule is COCc1ccc(CNc2cc(OC)c(Br)cc2Br)cc1. The van der Waals surface area contributed by atoms with Crippen molar-refractivity contribution < 1.29 is 9.47 Å². The van der Waals surface area contributed by atoms with Gasteiger partial charge in [0.2, 0.25) is 0 Å². The van der Waals surface area contributed by atoms with Gasteiger partial charge in [-0.05, 0) is 49.1 Å². The highest BCUT2D eigenvalue weighted by Gasteiger charge is 2.07. The van der Waals surface area contributed by atoms with Crippen LogP contribution < -0.4 is 10.1 Å². The number of rotatable bonds is 6. The van der Waals surface area contributed by atoms with E-state index in [0.717, 1.165) is 26.9 Å². The number of nitrogens with one attached hydrogen (secondary N) is 1. The molecule has 0 saturated heterocycles. The summed E-state index contributed by atoms with van der Waals surface area (Å²) in [6, 6.07) is 12.3. The number of hydrogen-bond donors (Lipinski definition) is 1. The summed E-state index contributed by atoms with van der Waals surface area (Å²) in [7, 11) is 3.36. The average molecular weight is 415 g/mol. The molecule has 0 amide bonds. The second kappa shape index (κ2) is 7.82. The zero-order valence-electron chi connectivity index (χ0n) is 12.0.